The Kier molecular flexibility index (Phi) is 3.87. The number of nitrogens with zero attached hydrogens (tertiary/aromatic N) is 2. The van der Waals surface area contributed by atoms with Gasteiger partial charge in [0, 0.05) is 0 Å². The minimum atomic E-state index is 0.385. The highest BCUT2D eigenvalue weighted by Crippen LogP contribution is 2.22. The molecule has 2 rings (SSSR count). The van der Waals surface area contributed by atoms with E-state index in [2.05, 4.69) is 17.2 Å². The first-order valence-electron chi connectivity index (χ1n) is 6.46. The van der Waals surface area contributed by atoms with Gasteiger partial charge in [-0.1, -0.05) is 0 Å². The van der Waals surface area contributed by atoms with Gasteiger partial charge in [-0.2, -0.15) is 5.10 Å². The number of hydrogen-bond acceptors (Lipinski definition) is 3. The standard InChI is InChI=1S/C14H21N3O/c1-11-8-13(9-12(2)14(11)18)10-15-17-6-4-16(3)5-7-17/h8-10,18H,4-7H2,1-3H3/p+1/b15-10+. The zero-order valence-corrected chi connectivity index (χ0v) is 11.4. The molecule has 0 spiro atoms. The number of benzene rings is 1. The monoisotopic (exact) mass is 248 g/mol. The third-order valence-electron chi connectivity index (χ3n) is 3.48. The first-order chi connectivity index (χ1) is 8.56. The second-order valence-electron chi connectivity index (χ2n) is 5.16. The van der Waals surface area contributed by atoms with Gasteiger partial charge >= 0.3 is 0 Å². The zero-order valence-electron chi connectivity index (χ0n) is 11.4. The number of phenolic OH excluding ortho intramolecular Hbond substituents is 1. The lowest BCUT2D eigenvalue weighted by molar-refractivity contribution is -0.884. The highest BCUT2D eigenvalue weighted by molar-refractivity contribution is 5.80. The molecule has 0 saturated carbocycles. The van der Waals surface area contributed by atoms with Gasteiger partial charge in [0.05, 0.1) is 39.4 Å². The van der Waals surface area contributed by atoms with Crippen molar-refractivity contribution in [1.82, 2.24) is 5.01 Å². The molecular formula is C14H22N3O+. The maximum Gasteiger partial charge on any atom is 0.121 e. The number of quaternary nitrogens is 1. The summed E-state index contributed by atoms with van der Waals surface area (Å²) >= 11 is 0. The SMILES string of the molecule is Cc1cc(/C=N/N2CC[NH+](C)CC2)cc(C)c1O. The molecule has 1 aliphatic rings. The number of aromatic hydroxyl groups is 1. The van der Waals surface area contributed by atoms with E-state index < -0.39 is 0 Å². The van der Waals surface area contributed by atoms with Crippen LogP contribution in [-0.2, 0) is 0 Å². The average molecular weight is 248 g/mol. The molecule has 1 aliphatic heterocycles. The van der Waals surface area contributed by atoms with Crippen molar-refractivity contribution >= 4 is 6.21 Å². The van der Waals surface area contributed by atoms with E-state index in [-0.39, 0.29) is 0 Å². The second kappa shape index (κ2) is 5.40. The molecule has 0 unspecified atom stereocenters. The fraction of sp³-hybridized carbons (Fsp3) is 0.500. The Morgan fingerprint density at radius 3 is 2.33 bits per heavy atom. The Morgan fingerprint density at radius 1 is 1.22 bits per heavy atom. The number of hydrazone groups is 1. The quantitative estimate of drug-likeness (QED) is 0.733. The van der Waals surface area contributed by atoms with Gasteiger partial charge in [0.1, 0.15) is 5.75 Å². The Hall–Kier alpha value is -1.55. The van der Waals surface area contributed by atoms with E-state index >= 15 is 0 Å². The molecule has 0 aromatic heterocycles. The molecule has 1 aromatic carbocycles. The molecule has 1 fully saturated rings. The van der Waals surface area contributed by atoms with Crippen LogP contribution >= 0.6 is 0 Å². The molecule has 2 N–H and O–H groups in total. The number of aryl methyl sites for hydroxylation is 2. The molecule has 1 saturated heterocycles. The van der Waals surface area contributed by atoms with E-state index in [1.165, 1.54) is 0 Å². The van der Waals surface area contributed by atoms with Crippen molar-refractivity contribution in [2.75, 3.05) is 33.2 Å². The van der Waals surface area contributed by atoms with Crippen LogP contribution in [0.25, 0.3) is 0 Å². The Bertz CT molecular complexity index is 425. The van der Waals surface area contributed by atoms with Crippen LogP contribution in [0.2, 0.25) is 0 Å². The lowest BCUT2D eigenvalue weighted by atomic mass is 10.1. The van der Waals surface area contributed by atoms with Crippen molar-refractivity contribution in [3.8, 4) is 5.75 Å². The van der Waals surface area contributed by atoms with E-state index in [1.807, 2.05) is 32.2 Å². The Morgan fingerprint density at radius 2 is 1.78 bits per heavy atom. The first-order valence-corrected chi connectivity index (χ1v) is 6.46. The Balaban J connectivity index is 2.05. The van der Waals surface area contributed by atoms with Gasteiger partial charge in [0.25, 0.3) is 0 Å². The number of hydrogen-bond donors (Lipinski definition) is 2. The maximum atomic E-state index is 9.72. The number of phenols is 1. The summed E-state index contributed by atoms with van der Waals surface area (Å²) in [6.45, 7) is 8.14. The van der Waals surface area contributed by atoms with E-state index in [9.17, 15) is 5.11 Å². The lowest BCUT2D eigenvalue weighted by Crippen LogP contribution is -3.11. The van der Waals surface area contributed by atoms with E-state index in [4.69, 9.17) is 0 Å². The number of rotatable bonds is 2. The summed E-state index contributed by atoms with van der Waals surface area (Å²) in [5, 5.41) is 16.3. The number of piperazine rings is 1. The van der Waals surface area contributed by atoms with Gasteiger partial charge in [-0.05, 0) is 42.7 Å². The predicted molar refractivity (Wildman–Crippen MR) is 73.4 cm³/mol. The smallest absolute Gasteiger partial charge is 0.121 e. The van der Waals surface area contributed by atoms with Crippen LogP contribution < -0.4 is 4.90 Å². The van der Waals surface area contributed by atoms with E-state index in [0.717, 1.165) is 42.9 Å². The van der Waals surface area contributed by atoms with Crippen molar-refractivity contribution in [2.45, 2.75) is 13.8 Å². The summed E-state index contributed by atoms with van der Waals surface area (Å²) in [5.74, 6) is 0.385. The zero-order chi connectivity index (χ0) is 13.1. The largest absolute Gasteiger partial charge is 0.507 e. The van der Waals surface area contributed by atoms with Gasteiger partial charge in [0.15, 0.2) is 0 Å². The van der Waals surface area contributed by atoms with Gasteiger partial charge < -0.3 is 10.0 Å². The minimum absolute atomic E-state index is 0.385. The van der Waals surface area contributed by atoms with Crippen molar-refractivity contribution in [3.05, 3.63) is 28.8 Å². The minimum Gasteiger partial charge on any atom is -0.507 e. The molecule has 4 nitrogen and oxygen atoms in total. The van der Waals surface area contributed by atoms with Crippen LogP contribution in [0, 0.1) is 13.8 Å². The van der Waals surface area contributed by atoms with Crippen molar-refractivity contribution < 1.29 is 10.0 Å². The van der Waals surface area contributed by atoms with Crippen molar-refractivity contribution in [1.29, 1.82) is 0 Å². The Labute approximate surface area is 109 Å². The topological polar surface area (TPSA) is 40.3 Å². The molecule has 0 radical (unpaired) electrons. The van der Waals surface area contributed by atoms with E-state index in [0.29, 0.717) is 5.75 Å². The van der Waals surface area contributed by atoms with Gasteiger partial charge in [0.2, 0.25) is 0 Å². The molecular weight excluding hydrogens is 226 g/mol. The molecule has 0 atom stereocenters. The summed E-state index contributed by atoms with van der Waals surface area (Å²) in [6.07, 6.45) is 1.89. The first kappa shape index (κ1) is 12.9. The molecule has 1 heterocycles. The fourth-order valence-corrected chi connectivity index (χ4v) is 2.20. The van der Waals surface area contributed by atoms with Crippen LogP contribution in [0.15, 0.2) is 17.2 Å². The molecule has 98 valence electrons. The maximum absolute atomic E-state index is 9.72. The third-order valence-corrected chi connectivity index (χ3v) is 3.48. The van der Waals surface area contributed by atoms with Crippen LogP contribution in [0.4, 0.5) is 0 Å². The summed E-state index contributed by atoms with van der Waals surface area (Å²) in [7, 11) is 2.22. The van der Waals surface area contributed by atoms with Crippen LogP contribution in [0.3, 0.4) is 0 Å². The normalized spacial score (nSPS) is 17.6. The van der Waals surface area contributed by atoms with Crippen LogP contribution in [-0.4, -0.2) is 49.6 Å². The molecule has 0 amide bonds. The summed E-state index contributed by atoms with van der Waals surface area (Å²) in [4.78, 5) is 1.57. The van der Waals surface area contributed by atoms with Gasteiger partial charge in [-0.3, -0.25) is 5.01 Å². The van der Waals surface area contributed by atoms with Gasteiger partial charge in [-0.15, -0.1) is 0 Å². The lowest BCUT2D eigenvalue weighted by Gasteiger charge is -2.27. The van der Waals surface area contributed by atoms with Crippen molar-refractivity contribution in [2.24, 2.45) is 5.10 Å². The summed E-state index contributed by atoms with van der Waals surface area (Å²) in [6, 6.07) is 3.93. The predicted octanol–water partition coefficient (Wildman–Crippen LogP) is 0.173. The molecule has 4 heteroatoms. The fourth-order valence-electron chi connectivity index (χ4n) is 2.20. The average Bonchev–Trinajstić information content (AvgIpc) is 2.35. The van der Waals surface area contributed by atoms with Gasteiger partial charge in [-0.25, -0.2) is 0 Å². The van der Waals surface area contributed by atoms with Crippen LogP contribution in [0.5, 0.6) is 5.75 Å². The third kappa shape index (κ3) is 3.01. The molecule has 1 aromatic rings. The highest BCUT2D eigenvalue weighted by atomic mass is 16.3. The van der Waals surface area contributed by atoms with Crippen molar-refractivity contribution in [3.63, 3.8) is 0 Å². The molecule has 0 aliphatic carbocycles. The summed E-state index contributed by atoms with van der Waals surface area (Å²) in [5.41, 5.74) is 2.85. The number of nitrogens with one attached hydrogen (secondary N) is 1. The van der Waals surface area contributed by atoms with Crippen LogP contribution in [0.1, 0.15) is 16.7 Å². The second-order valence-corrected chi connectivity index (χ2v) is 5.16. The summed E-state index contributed by atoms with van der Waals surface area (Å²) < 4.78 is 0. The highest BCUT2D eigenvalue weighted by Gasteiger charge is 2.14. The molecule has 0 bridgehead atoms. The number of likely N-dealkylation sites (N-methyl/N-ethyl adjacent to an activating group) is 1. The molecule has 18 heavy (non-hydrogen) atoms. The van der Waals surface area contributed by atoms with E-state index in [1.54, 1.807) is 4.90 Å².